The van der Waals surface area contributed by atoms with Crippen molar-refractivity contribution in [3.63, 3.8) is 0 Å². The van der Waals surface area contributed by atoms with Crippen LogP contribution in [0, 0.1) is 5.92 Å². The first kappa shape index (κ1) is 18.2. The van der Waals surface area contributed by atoms with Crippen molar-refractivity contribution in [3.05, 3.63) is 48.5 Å². The van der Waals surface area contributed by atoms with E-state index in [9.17, 15) is 4.79 Å². The SMILES string of the molecule is O=C(N[C@@H]1CCCC[C@H]1CN1CCCCC1)c1ccc(-n2ccnc2)cc1. The molecular formula is C22H30N4O. The largest absolute Gasteiger partial charge is 0.349 e. The van der Waals surface area contributed by atoms with E-state index in [0.29, 0.717) is 12.0 Å². The van der Waals surface area contributed by atoms with Crippen LogP contribution in [0.3, 0.4) is 0 Å². The van der Waals surface area contributed by atoms with E-state index in [1.165, 1.54) is 51.6 Å². The predicted octanol–water partition coefficient (Wildman–Crippen LogP) is 3.65. The Kier molecular flexibility index (Phi) is 5.87. The fraction of sp³-hybridized carbons (Fsp3) is 0.545. The summed E-state index contributed by atoms with van der Waals surface area (Å²) in [5, 5.41) is 3.34. The lowest BCUT2D eigenvalue weighted by molar-refractivity contribution is 0.0877. The number of amides is 1. The van der Waals surface area contributed by atoms with Gasteiger partial charge in [0.2, 0.25) is 0 Å². The van der Waals surface area contributed by atoms with E-state index in [0.717, 1.165) is 24.2 Å². The minimum absolute atomic E-state index is 0.0581. The number of nitrogens with zero attached hydrogens (tertiary/aromatic N) is 3. The molecular weight excluding hydrogens is 336 g/mol. The van der Waals surface area contributed by atoms with Crippen molar-refractivity contribution in [1.82, 2.24) is 19.8 Å². The highest BCUT2D eigenvalue weighted by molar-refractivity contribution is 5.94. The fourth-order valence-corrected chi connectivity index (χ4v) is 4.54. The van der Waals surface area contributed by atoms with Crippen LogP contribution in [0.5, 0.6) is 0 Å². The number of benzene rings is 1. The summed E-state index contributed by atoms with van der Waals surface area (Å²) in [5.74, 6) is 0.647. The minimum Gasteiger partial charge on any atom is -0.349 e. The smallest absolute Gasteiger partial charge is 0.251 e. The zero-order chi connectivity index (χ0) is 18.5. The van der Waals surface area contributed by atoms with Crippen LogP contribution in [0.4, 0.5) is 0 Å². The average Bonchev–Trinajstić information content (AvgIpc) is 3.25. The Bertz CT molecular complexity index is 719. The highest BCUT2D eigenvalue weighted by atomic mass is 16.1. The molecule has 1 aliphatic carbocycles. The monoisotopic (exact) mass is 366 g/mol. The molecule has 1 saturated heterocycles. The zero-order valence-electron chi connectivity index (χ0n) is 16.0. The van der Waals surface area contributed by atoms with Gasteiger partial charge in [-0.25, -0.2) is 4.98 Å². The standard InChI is InChI=1S/C22H30N4O/c27-22(18-8-10-20(11-9-18)26-15-12-23-17-26)24-21-7-3-2-6-19(21)16-25-13-4-1-5-14-25/h8-12,15,17,19,21H,1-7,13-14,16H2,(H,24,27)/t19-,21+/m0/s1. The molecule has 1 aromatic carbocycles. The number of rotatable bonds is 5. The Labute approximate surface area is 161 Å². The highest BCUT2D eigenvalue weighted by Gasteiger charge is 2.28. The van der Waals surface area contributed by atoms with Gasteiger partial charge < -0.3 is 14.8 Å². The van der Waals surface area contributed by atoms with E-state index in [1.54, 1.807) is 12.5 Å². The minimum atomic E-state index is 0.0581. The van der Waals surface area contributed by atoms with Crippen LogP contribution >= 0.6 is 0 Å². The van der Waals surface area contributed by atoms with E-state index in [1.807, 2.05) is 35.0 Å². The maximum atomic E-state index is 12.8. The van der Waals surface area contributed by atoms with Crippen molar-refractivity contribution in [1.29, 1.82) is 0 Å². The Morgan fingerprint density at radius 3 is 2.56 bits per heavy atom. The fourth-order valence-electron chi connectivity index (χ4n) is 4.54. The van der Waals surface area contributed by atoms with Crippen LogP contribution in [-0.4, -0.2) is 46.0 Å². The molecule has 1 aromatic heterocycles. The summed E-state index contributed by atoms with van der Waals surface area (Å²) < 4.78 is 1.94. The molecule has 0 radical (unpaired) electrons. The Morgan fingerprint density at radius 1 is 1.04 bits per heavy atom. The predicted molar refractivity (Wildman–Crippen MR) is 107 cm³/mol. The maximum Gasteiger partial charge on any atom is 0.251 e. The molecule has 4 rings (SSSR count). The third-order valence-electron chi connectivity index (χ3n) is 6.10. The number of carbonyl (C=O) groups excluding carboxylic acids is 1. The molecule has 1 saturated carbocycles. The van der Waals surface area contributed by atoms with E-state index in [2.05, 4.69) is 15.2 Å². The molecule has 2 atom stereocenters. The topological polar surface area (TPSA) is 50.2 Å². The van der Waals surface area contributed by atoms with E-state index >= 15 is 0 Å². The van der Waals surface area contributed by atoms with Gasteiger partial charge >= 0.3 is 0 Å². The maximum absolute atomic E-state index is 12.8. The molecule has 144 valence electrons. The number of aromatic nitrogens is 2. The molecule has 0 unspecified atom stereocenters. The van der Waals surface area contributed by atoms with Crippen molar-refractivity contribution < 1.29 is 4.79 Å². The van der Waals surface area contributed by atoms with Crippen LogP contribution in [-0.2, 0) is 0 Å². The lowest BCUT2D eigenvalue weighted by atomic mass is 9.83. The molecule has 1 aliphatic heterocycles. The summed E-state index contributed by atoms with van der Waals surface area (Å²) in [5.41, 5.74) is 1.76. The first-order valence-corrected chi connectivity index (χ1v) is 10.4. The van der Waals surface area contributed by atoms with Crippen LogP contribution in [0.2, 0.25) is 0 Å². The Hall–Kier alpha value is -2.14. The summed E-state index contributed by atoms with van der Waals surface area (Å²) in [7, 11) is 0. The first-order valence-electron chi connectivity index (χ1n) is 10.4. The molecule has 27 heavy (non-hydrogen) atoms. The number of hydrogen-bond donors (Lipinski definition) is 1. The van der Waals surface area contributed by atoms with Crippen molar-refractivity contribution in [2.45, 2.75) is 51.0 Å². The van der Waals surface area contributed by atoms with Crippen molar-refractivity contribution in [2.24, 2.45) is 5.92 Å². The number of imidazole rings is 1. The summed E-state index contributed by atoms with van der Waals surface area (Å²) in [6.45, 7) is 3.60. The van der Waals surface area contributed by atoms with Crippen molar-refractivity contribution >= 4 is 5.91 Å². The van der Waals surface area contributed by atoms with Crippen LogP contribution in [0.1, 0.15) is 55.3 Å². The molecule has 5 nitrogen and oxygen atoms in total. The lowest BCUT2D eigenvalue weighted by Crippen LogP contribution is -2.47. The van der Waals surface area contributed by atoms with Gasteiger partial charge in [-0.3, -0.25) is 4.79 Å². The van der Waals surface area contributed by atoms with Crippen LogP contribution in [0.15, 0.2) is 43.0 Å². The summed E-state index contributed by atoms with van der Waals surface area (Å²) in [4.78, 5) is 19.5. The summed E-state index contributed by atoms with van der Waals surface area (Å²) in [6, 6.07) is 8.08. The second kappa shape index (κ2) is 8.70. The van der Waals surface area contributed by atoms with Gasteiger partial charge in [0.05, 0.1) is 6.33 Å². The lowest BCUT2D eigenvalue weighted by Gasteiger charge is -2.37. The average molecular weight is 367 g/mol. The van der Waals surface area contributed by atoms with Crippen LogP contribution < -0.4 is 5.32 Å². The third-order valence-corrected chi connectivity index (χ3v) is 6.10. The van der Waals surface area contributed by atoms with Gasteiger partial charge in [0, 0.05) is 36.2 Å². The Balaban J connectivity index is 1.37. The van der Waals surface area contributed by atoms with E-state index in [-0.39, 0.29) is 5.91 Å². The summed E-state index contributed by atoms with van der Waals surface area (Å²) in [6.07, 6.45) is 14.3. The number of carbonyl (C=O) groups is 1. The second-order valence-corrected chi connectivity index (χ2v) is 8.00. The number of hydrogen-bond acceptors (Lipinski definition) is 3. The number of nitrogens with one attached hydrogen (secondary N) is 1. The molecule has 2 fully saturated rings. The number of piperidine rings is 1. The van der Waals surface area contributed by atoms with E-state index in [4.69, 9.17) is 0 Å². The number of likely N-dealkylation sites (tertiary alicyclic amines) is 1. The molecule has 0 bridgehead atoms. The quantitative estimate of drug-likeness (QED) is 0.879. The molecule has 0 spiro atoms. The zero-order valence-corrected chi connectivity index (χ0v) is 16.0. The Morgan fingerprint density at radius 2 is 1.81 bits per heavy atom. The highest BCUT2D eigenvalue weighted by Crippen LogP contribution is 2.26. The van der Waals surface area contributed by atoms with Crippen molar-refractivity contribution in [2.75, 3.05) is 19.6 Å². The van der Waals surface area contributed by atoms with Gasteiger partial charge in [-0.05, 0) is 69.0 Å². The van der Waals surface area contributed by atoms with Gasteiger partial charge in [0.25, 0.3) is 5.91 Å². The molecule has 2 aromatic rings. The van der Waals surface area contributed by atoms with E-state index < -0.39 is 0 Å². The first-order chi connectivity index (χ1) is 13.3. The van der Waals surface area contributed by atoms with Crippen molar-refractivity contribution in [3.8, 4) is 5.69 Å². The summed E-state index contributed by atoms with van der Waals surface area (Å²) >= 11 is 0. The van der Waals surface area contributed by atoms with Gasteiger partial charge in [-0.15, -0.1) is 0 Å². The molecule has 2 heterocycles. The molecule has 1 amide bonds. The molecule has 2 aliphatic rings. The van der Waals surface area contributed by atoms with Gasteiger partial charge in [-0.2, -0.15) is 0 Å². The van der Waals surface area contributed by atoms with Crippen LogP contribution in [0.25, 0.3) is 5.69 Å². The molecule has 5 heteroatoms. The van der Waals surface area contributed by atoms with Gasteiger partial charge in [-0.1, -0.05) is 19.3 Å². The van der Waals surface area contributed by atoms with Gasteiger partial charge in [0.15, 0.2) is 0 Å². The molecule has 1 N–H and O–H groups in total. The third kappa shape index (κ3) is 4.59. The normalized spacial score (nSPS) is 23.9. The second-order valence-electron chi connectivity index (χ2n) is 8.00. The van der Waals surface area contributed by atoms with Gasteiger partial charge in [0.1, 0.15) is 0 Å².